The van der Waals surface area contributed by atoms with E-state index in [0.29, 0.717) is 15.5 Å². The van der Waals surface area contributed by atoms with Gasteiger partial charge in [-0.05, 0) is 31.2 Å². The van der Waals surface area contributed by atoms with E-state index in [2.05, 4.69) is 5.32 Å². The molecule has 0 radical (unpaired) electrons. The van der Waals surface area contributed by atoms with E-state index in [4.69, 9.17) is 4.74 Å². The van der Waals surface area contributed by atoms with E-state index in [-0.39, 0.29) is 24.8 Å². The van der Waals surface area contributed by atoms with Crippen molar-refractivity contribution in [1.29, 1.82) is 0 Å². The summed E-state index contributed by atoms with van der Waals surface area (Å²) >= 11 is 1.14. The number of para-hydroxylation sites is 1. The number of aliphatic hydroxyl groups is 1. The summed E-state index contributed by atoms with van der Waals surface area (Å²) in [7, 11) is 0. The van der Waals surface area contributed by atoms with Gasteiger partial charge in [0.1, 0.15) is 18.5 Å². The molecule has 0 aliphatic carbocycles. The molecule has 0 bridgehead atoms. The monoisotopic (exact) mass is 319 g/mol. The summed E-state index contributed by atoms with van der Waals surface area (Å²) in [6, 6.07) is 12.4. The molecule has 0 aliphatic heterocycles. The van der Waals surface area contributed by atoms with E-state index in [9.17, 15) is 14.7 Å². The number of carbonyl (C=O) groups is 2. The summed E-state index contributed by atoms with van der Waals surface area (Å²) < 4.78 is 5.40. The number of hydrogen-bond donors (Lipinski definition) is 2. The molecule has 1 atom stereocenters. The van der Waals surface area contributed by atoms with E-state index in [1.54, 1.807) is 24.3 Å². The fourth-order valence-electron chi connectivity index (χ4n) is 1.71. The van der Waals surface area contributed by atoms with Crippen LogP contribution in [0.3, 0.4) is 0 Å². The number of benzene rings is 1. The minimum Gasteiger partial charge on any atom is -0.491 e. The highest BCUT2D eigenvalue weighted by Crippen LogP contribution is 2.16. The average Bonchev–Trinajstić information content (AvgIpc) is 3.02. The average molecular weight is 319 g/mol. The minimum absolute atomic E-state index is 0.0691. The summed E-state index contributed by atoms with van der Waals surface area (Å²) in [4.78, 5) is 24.1. The molecule has 2 rings (SSSR count). The number of amides is 1. The Balaban J connectivity index is 1.76. The molecule has 2 aromatic rings. The first-order chi connectivity index (χ1) is 10.6. The van der Waals surface area contributed by atoms with Gasteiger partial charge in [-0.1, -0.05) is 18.2 Å². The number of thiophene rings is 1. The van der Waals surface area contributed by atoms with E-state index in [1.165, 1.54) is 6.92 Å². The Morgan fingerprint density at radius 2 is 1.86 bits per heavy atom. The fraction of sp³-hybridized carbons (Fsp3) is 0.250. The highest BCUT2D eigenvalue weighted by molar-refractivity contribution is 7.15. The first-order valence-electron chi connectivity index (χ1n) is 6.81. The molecule has 116 valence electrons. The Morgan fingerprint density at radius 1 is 1.18 bits per heavy atom. The maximum Gasteiger partial charge on any atom is 0.261 e. The molecular formula is C16H17NO4S. The predicted molar refractivity (Wildman–Crippen MR) is 84.6 cm³/mol. The fourth-order valence-corrected chi connectivity index (χ4v) is 2.53. The van der Waals surface area contributed by atoms with Crippen LogP contribution in [0.2, 0.25) is 0 Å². The summed E-state index contributed by atoms with van der Waals surface area (Å²) in [6.45, 7) is 1.63. The van der Waals surface area contributed by atoms with Gasteiger partial charge in [0, 0.05) is 6.54 Å². The Morgan fingerprint density at radius 3 is 2.50 bits per heavy atom. The number of Topliss-reactive ketones (excluding diaryl/α,β-unsaturated/α-hetero) is 1. The van der Waals surface area contributed by atoms with Crippen LogP contribution in [0.5, 0.6) is 5.75 Å². The van der Waals surface area contributed by atoms with Crippen LogP contribution >= 0.6 is 11.3 Å². The Kier molecular flexibility index (Phi) is 5.68. The molecule has 1 amide bonds. The summed E-state index contributed by atoms with van der Waals surface area (Å²) in [5.41, 5.74) is 0. The predicted octanol–water partition coefficient (Wildman–Crippen LogP) is 2.12. The molecule has 0 aliphatic rings. The van der Waals surface area contributed by atoms with Gasteiger partial charge in [-0.2, -0.15) is 0 Å². The number of ether oxygens (including phenoxy) is 1. The van der Waals surface area contributed by atoms with Gasteiger partial charge < -0.3 is 15.2 Å². The van der Waals surface area contributed by atoms with Gasteiger partial charge in [0.2, 0.25) is 0 Å². The van der Waals surface area contributed by atoms with Crippen LogP contribution in [0.4, 0.5) is 0 Å². The topological polar surface area (TPSA) is 75.6 Å². The van der Waals surface area contributed by atoms with Crippen molar-refractivity contribution in [3.63, 3.8) is 0 Å². The van der Waals surface area contributed by atoms with Gasteiger partial charge in [-0.25, -0.2) is 0 Å². The van der Waals surface area contributed by atoms with E-state index in [1.807, 2.05) is 18.2 Å². The van der Waals surface area contributed by atoms with Crippen molar-refractivity contribution < 1.29 is 19.4 Å². The Hall–Kier alpha value is -2.18. The molecule has 0 saturated carbocycles. The second-order valence-electron chi connectivity index (χ2n) is 4.71. The third kappa shape index (κ3) is 4.68. The lowest BCUT2D eigenvalue weighted by atomic mass is 10.3. The summed E-state index contributed by atoms with van der Waals surface area (Å²) in [5, 5.41) is 12.4. The van der Waals surface area contributed by atoms with Crippen molar-refractivity contribution in [1.82, 2.24) is 5.32 Å². The van der Waals surface area contributed by atoms with Crippen molar-refractivity contribution in [2.45, 2.75) is 13.0 Å². The van der Waals surface area contributed by atoms with Crippen LogP contribution in [0, 0.1) is 0 Å². The highest BCUT2D eigenvalue weighted by Gasteiger charge is 2.13. The zero-order valence-electron chi connectivity index (χ0n) is 12.1. The van der Waals surface area contributed by atoms with Crippen molar-refractivity contribution in [2.75, 3.05) is 13.2 Å². The normalized spacial score (nSPS) is 11.7. The third-order valence-electron chi connectivity index (χ3n) is 2.86. The number of aliphatic hydroxyl groups excluding tert-OH is 1. The Labute approximate surface area is 132 Å². The number of rotatable bonds is 7. The quantitative estimate of drug-likeness (QED) is 0.767. The molecule has 0 saturated heterocycles. The van der Waals surface area contributed by atoms with Gasteiger partial charge in [0.25, 0.3) is 5.91 Å². The van der Waals surface area contributed by atoms with Gasteiger partial charge in [0.15, 0.2) is 5.78 Å². The maximum atomic E-state index is 11.9. The zero-order chi connectivity index (χ0) is 15.9. The number of nitrogens with one attached hydrogen (secondary N) is 1. The van der Waals surface area contributed by atoms with Crippen molar-refractivity contribution in [3.05, 3.63) is 52.2 Å². The van der Waals surface area contributed by atoms with Crippen LogP contribution < -0.4 is 10.1 Å². The smallest absolute Gasteiger partial charge is 0.261 e. The minimum atomic E-state index is -0.809. The largest absolute Gasteiger partial charge is 0.491 e. The number of carbonyl (C=O) groups excluding carboxylic acids is 2. The van der Waals surface area contributed by atoms with Crippen LogP contribution in [0.15, 0.2) is 42.5 Å². The standard InChI is InChI=1S/C16H17NO4S/c1-11(18)14-7-8-15(22-14)16(20)17-9-12(19)10-21-13-5-3-2-4-6-13/h2-8,12,19H,9-10H2,1H3,(H,17,20)/t12-/m1/s1. The third-order valence-corrected chi connectivity index (χ3v) is 4.05. The SMILES string of the molecule is CC(=O)c1ccc(C(=O)NC[C@@H](O)COc2ccccc2)s1. The van der Waals surface area contributed by atoms with E-state index in [0.717, 1.165) is 11.3 Å². The lowest BCUT2D eigenvalue weighted by Gasteiger charge is -2.12. The molecule has 0 spiro atoms. The van der Waals surface area contributed by atoms with Crippen LogP contribution in [-0.2, 0) is 0 Å². The van der Waals surface area contributed by atoms with E-state index < -0.39 is 6.10 Å². The molecule has 0 fully saturated rings. The molecule has 22 heavy (non-hydrogen) atoms. The van der Waals surface area contributed by atoms with Crippen molar-refractivity contribution >= 4 is 23.0 Å². The molecule has 0 unspecified atom stereocenters. The Bertz CT molecular complexity index is 639. The second-order valence-corrected chi connectivity index (χ2v) is 5.79. The van der Waals surface area contributed by atoms with Crippen LogP contribution in [-0.4, -0.2) is 36.1 Å². The molecule has 5 nitrogen and oxygen atoms in total. The molecule has 6 heteroatoms. The lowest BCUT2D eigenvalue weighted by molar-refractivity contribution is 0.0847. The van der Waals surface area contributed by atoms with Gasteiger partial charge in [-0.3, -0.25) is 9.59 Å². The first-order valence-corrected chi connectivity index (χ1v) is 7.63. The van der Waals surface area contributed by atoms with Crippen LogP contribution in [0.1, 0.15) is 26.3 Å². The number of hydrogen-bond acceptors (Lipinski definition) is 5. The van der Waals surface area contributed by atoms with Gasteiger partial charge in [0.05, 0.1) is 9.75 Å². The molecule has 1 aromatic heterocycles. The first kappa shape index (κ1) is 16.2. The number of ketones is 1. The molecule has 2 N–H and O–H groups in total. The summed E-state index contributed by atoms with van der Waals surface area (Å²) in [6.07, 6.45) is -0.809. The highest BCUT2D eigenvalue weighted by atomic mass is 32.1. The summed E-state index contributed by atoms with van der Waals surface area (Å²) in [5.74, 6) is 0.286. The van der Waals surface area contributed by atoms with Crippen molar-refractivity contribution in [2.24, 2.45) is 0 Å². The van der Waals surface area contributed by atoms with Gasteiger partial charge >= 0.3 is 0 Å². The molecule has 1 aromatic carbocycles. The maximum absolute atomic E-state index is 11.9. The van der Waals surface area contributed by atoms with Crippen LogP contribution in [0.25, 0.3) is 0 Å². The zero-order valence-corrected chi connectivity index (χ0v) is 12.9. The van der Waals surface area contributed by atoms with Gasteiger partial charge in [-0.15, -0.1) is 11.3 Å². The van der Waals surface area contributed by atoms with E-state index >= 15 is 0 Å². The molecular weight excluding hydrogens is 302 g/mol. The second kappa shape index (κ2) is 7.72. The molecule has 1 heterocycles. The lowest BCUT2D eigenvalue weighted by Crippen LogP contribution is -2.34. The van der Waals surface area contributed by atoms with Crippen molar-refractivity contribution in [3.8, 4) is 5.75 Å².